The lowest BCUT2D eigenvalue weighted by molar-refractivity contribution is -0.137. The highest BCUT2D eigenvalue weighted by Crippen LogP contribution is 2.32. The van der Waals surface area contributed by atoms with E-state index in [1.54, 1.807) is 11.3 Å². The summed E-state index contributed by atoms with van der Waals surface area (Å²) in [6.45, 7) is 6.01. The van der Waals surface area contributed by atoms with Gasteiger partial charge in [-0.05, 0) is 43.7 Å². The van der Waals surface area contributed by atoms with E-state index in [1.165, 1.54) is 4.70 Å². The van der Waals surface area contributed by atoms with E-state index in [1.807, 2.05) is 6.07 Å². The highest BCUT2D eigenvalue weighted by Gasteiger charge is 2.31. The number of aromatic nitrogens is 1. The summed E-state index contributed by atoms with van der Waals surface area (Å²) in [5, 5.41) is 1.07. The zero-order valence-electron chi connectivity index (χ0n) is 14.3. The van der Waals surface area contributed by atoms with Crippen molar-refractivity contribution in [1.82, 2.24) is 9.88 Å². The minimum Gasteiger partial charge on any atom is -0.347 e. The molecule has 2 aliphatic heterocycles. The Kier molecular flexibility index (Phi) is 4.44. The first-order valence-electron chi connectivity index (χ1n) is 9.10. The van der Waals surface area contributed by atoms with Gasteiger partial charge in [-0.2, -0.15) is 0 Å². The molecule has 3 heterocycles. The molecule has 4 rings (SSSR count). The summed E-state index contributed by atoms with van der Waals surface area (Å²) in [7, 11) is 0. The second-order valence-electron chi connectivity index (χ2n) is 7.26. The molecule has 1 atom stereocenters. The number of benzene rings is 1. The average molecular weight is 343 g/mol. The number of hydrogen-bond acceptors (Lipinski definition) is 4. The van der Waals surface area contributed by atoms with E-state index in [2.05, 4.69) is 34.9 Å². The Bertz CT molecular complexity index is 687. The predicted molar refractivity (Wildman–Crippen MR) is 99.5 cm³/mol. The predicted octanol–water partition coefficient (Wildman–Crippen LogP) is 3.77. The van der Waals surface area contributed by atoms with Crippen LogP contribution in [0, 0.1) is 11.8 Å². The van der Waals surface area contributed by atoms with Crippen molar-refractivity contribution in [3.63, 3.8) is 0 Å². The second-order valence-corrected chi connectivity index (χ2v) is 8.27. The Morgan fingerprint density at radius 1 is 1.17 bits per heavy atom. The van der Waals surface area contributed by atoms with Crippen LogP contribution in [-0.4, -0.2) is 42.0 Å². The Balaban J connectivity index is 1.46. The van der Waals surface area contributed by atoms with E-state index < -0.39 is 0 Å². The van der Waals surface area contributed by atoms with Gasteiger partial charge in [0.15, 0.2) is 5.13 Å². The maximum atomic E-state index is 12.9. The first kappa shape index (κ1) is 15.9. The van der Waals surface area contributed by atoms with E-state index in [4.69, 9.17) is 4.98 Å². The number of carbonyl (C=O) groups is 1. The monoisotopic (exact) mass is 343 g/mol. The number of carbonyl (C=O) groups excluding carboxylic acids is 1. The Morgan fingerprint density at radius 2 is 1.96 bits per heavy atom. The Labute approximate surface area is 147 Å². The van der Waals surface area contributed by atoms with Crippen LogP contribution in [-0.2, 0) is 4.79 Å². The molecule has 2 fully saturated rings. The zero-order valence-corrected chi connectivity index (χ0v) is 15.1. The fourth-order valence-electron chi connectivity index (χ4n) is 3.83. The van der Waals surface area contributed by atoms with Crippen molar-refractivity contribution in [2.45, 2.75) is 32.6 Å². The van der Waals surface area contributed by atoms with Crippen LogP contribution < -0.4 is 4.90 Å². The van der Waals surface area contributed by atoms with Gasteiger partial charge in [-0.1, -0.05) is 30.4 Å². The summed E-state index contributed by atoms with van der Waals surface area (Å²) in [6.07, 6.45) is 4.41. The SMILES string of the molecule is CC1CCN(C(=O)[C@H]2CCCN(c3nc4ccccc4s3)C2)CC1. The number of nitrogens with zero attached hydrogens (tertiary/aromatic N) is 3. The molecule has 0 radical (unpaired) electrons. The molecule has 2 aliphatic rings. The Morgan fingerprint density at radius 3 is 2.75 bits per heavy atom. The van der Waals surface area contributed by atoms with Gasteiger partial charge in [0.25, 0.3) is 0 Å². The molecule has 1 amide bonds. The third kappa shape index (κ3) is 3.14. The molecular weight excluding hydrogens is 318 g/mol. The minimum atomic E-state index is 0.138. The van der Waals surface area contributed by atoms with Gasteiger partial charge in [0.1, 0.15) is 0 Å². The maximum Gasteiger partial charge on any atom is 0.227 e. The molecule has 0 spiro atoms. The molecule has 0 aliphatic carbocycles. The molecule has 0 saturated carbocycles. The number of fused-ring (bicyclic) bond motifs is 1. The molecule has 4 nitrogen and oxygen atoms in total. The van der Waals surface area contributed by atoms with E-state index in [9.17, 15) is 4.79 Å². The Hall–Kier alpha value is -1.62. The van der Waals surface area contributed by atoms with E-state index >= 15 is 0 Å². The number of amides is 1. The highest BCUT2D eigenvalue weighted by molar-refractivity contribution is 7.22. The van der Waals surface area contributed by atoms with E-state index in [-0.39, 0.29) is 5.92 Å². The number of anilines is 1. The zero-order chi connectivity index (χ0) is 16.5. The van der Waals surface area contributed by atoms with Crippen molar-refractivity contribution in [2.75, 3.05) is 31.1 Å². The first-order chi connectivity index (χ1) is 11.7. The number of likely N-dealkylation sites (tertiary alicyclic amines) is 1. The molecule has 5 heteroatoms. The van der Waals surface area contributed by atoms with Crippen molar-refractivity contribution >= 4 is 32.6 Å². The van der Waals surface area contributed by atoms with Gasteiger partial charge in [0, 0.05) is 26.2 Å². The van der Waals surface area contributed by atoms with Crippen molar-refractivity contribution in [2.24, 2.45) is 11.8 Å². The third-order valence-corrected chi connectivity index (χ3v) is 6.52. The summed E-state index contributed by atoms with van der Waals surface area (Å²) >= 11 is 1.74. The van der Waals surface area contributed by atoms with Crippen LogP contribution in [0.15, 0.2) is 24.3 Å². The number of hydrogen-bond donors (Lipinski definition) is 0. The molecule has 24 heavy (non-hydrogen) atoms. The fraction of sp³-hybridized carbons (Fsp3) is 0.579. The van der Waals surface area contributed by atoms with Crippen LogP contribution in [0.2, 0.25) is 0 Å². The molecule has 0 bridgehead atoms. The second kappa shape index (κ2) is 6.71. The molecular formula is C19H25N3OS. The lowest BCUT2D eigenvalue weighted by atomic mass is 9.94. The summed E-state index contributed by atoms with van der Waals surface area (Å²) in [4.78, 5) is 22.1. The van der Waals surface area contributed by atoms with E-state index in [0.717, 1.165) is 68.4 Å². The van der Waals surface area contributed by atoms with Crippen LogP contribution in [0.1, 0.15) is 32.6 Å². The normalized spacial score (nSPS) is 23.0. The molecule has 1 aromatic carbocycles. The summed E-state index contributed by atoms with van der Waals surface area (Å²) in [5.74, 6) is 1.27. The van der Waals surface area contributed by atoms with Crippen LogP contribution in [0.5, 0.6) is 0 Å². The standard InChI is InChI=1S/C19H25N3OS/c1-14-8-11-21(12-9-14)18(23)15-5-4-10-22(13-15)19-20-16-6-2-3-7-17(16)24-19/h2-3,6-7,14-15H,4-5,8-13H2,1H3/t15-/m0/s1. The number of thiazole rings is 1. The van der Waals surface area contributed by atoms with E-state index in [0.29, 0.717) is 5.91 Å². The van der Waals surface area contributed by atoms with Crippen molar-refractivity contribution in [1.29, 1.82) is 0 Å². The topological polar surface area (TPSA) is 36.4 Å². The molecule has 0 unspecified atom stereocenters. The molecule has 2 aromatic rings. The smallest absolute Gasteiger partial charge is 0.227 e. The molecule has 2 saturated heterocycles. The number of piperidine rings is 2. The van der Waals surface area contributed by atoms with Gasteiger partial charge in [-0.25, -0.2) is 4.98 Å². The minimum absolute atomic E-state index is 0.138. The fourth-order valence-corrected chi connectivity index (χ4v) is 4.84. The molecule has 128 valence electrons. The average Bonchev–Trinajstić information content (AvgIpc) is 3.06. The van der Waals surface area contributed by atoms with Gasteiger partial charge in [0.05, 0.1) is 16.1 Å². The van der Waals surface area contributed by atoms with Crippen LogP contribution in [0.25, 0.3) is 10.2 Å². The summed E-state index contributed by atoms with van der Waals surface area (Å²) in [5.41, 5.74) is 1.07. The van der Waals surface area contributed by atoms with Gasteiger partial charge in [0.2, 0.25) is 5.91 Å². The lowest BCUT2D eigenvalue weighted by Crippen LogP contribution is -2.47. The van der Waals surface area contributed by atoms with Crippen LogP contribution in [0.3, 0.4) is 0 Å². The molecule has 0 N–H and O–H groups in total. The van der Waals surface area contributed by atoms with Crippen molar-refractivity contribution in [3.05, 3.63) is 24.3 Å². The number of para-hydroxylation sites is 1. The van der Waals surface area contributed by atoms with Gasteiger partial charge in [-0.15, -0.1) is 0 Å². The maximum absolute atomic E-state index is 12.9. The highest BCUT2D eigenvalue weighted by atomic mass is 32.1. The van der Waals surface area contributed by atoms with Crippen molar-refractivity contribution in [3.8, 4) is 0 Å². The number of rotatable bonds is 2. The quantitative estimate of drug-likeness (QED) is 0.833. The summed E-state index contributed by atoms with van der Waals surface area (Å²) in [6, 6.07) is 8.28. The lowest BCUT2D eigenvalue weighted by Gasteiger charge is -2.37. The van der Waals surface area contributed by atoms with Gasteiger partial charge in [-0.3, -0.25) is 4.79 Å². The molecule has 1 aromatic heterocycles. The third-order valence-electron chi connectivity index (χ3n) is 5.42. The van der Waals surface area contributed by atoms with Gasteiger partial charge >= 0.3 is 0 Å². The van der Waals surface area contributed by atoms with Crippen LogP contribution >= 0.6 is 11.3 Å². The van der Waals surface area contributed by atoms with Gasteiger partial charge < -0.3 is 9.80 Å². The first-order valence-corrected chi connectivity index (χ1v) is 9.91. The summed E-state index contributed by atoms with van der Waals surface area (Å²) < 4.78 is 1.23. The van der Waals surface area contributed by atoms with Crippen LogP contribution in [0.4, 0.5) is 5.13 Å². The largest absolute Gasteiger partial charge is 0.347 e. The van der Waals surface area contributed by atoms with Crippen molar-refractivity contribution < 1.29 is 4.79 Å².